The van der Waals surface area contributed by atoms with Crippen LogP contribution in [0.4, 0.5) is 0 Å². The molecule has 0 aromatic heterocycles. The largest absolute Gasteiger partial charge is 0.504 e. The number of benzene rings is 1. The van der Waals surface area contributed by atoms with Gasteiger partial charge in [-0.25, -0.2) is 4.79 Å². The number of nitrogens with one attached hydrogen (secondary N) is 1. The van der Waals surface area contributed by atoms with Crippen LogP contribution in [0.1, 0.15) is 24.8 Å². The van der Waals surface area contributed by atoms with Crippen LogP contribution in [-0.2, 0) is 16.0 Å². The third-order valence-corrected chi connectivity index (χ3v) is 3.28. The minimum absolute atomic E-state index is 0.0551. The SMILES string of the molecule is O=C(CC1CC1)NC(Cc1ccc(O)c(O)c1)C(=O)O. The Morgan fingerprint density at radius 3 is 2.50 bits per heavy atom. The standard InChI is InChI=1S/C14H17NO5/c16-11-4-3-9(6-12(11)17)5-10(14(19)20)15-13(18)7-8-1-2-8/h3-4,6,8,10,16-17H,1-2,5,7H2,(H,15,18)(H,19,20). The minimum Gasteiger partial charge on any atom is -0.504 e. The van der Waals surface area contributed by atoms with E-state index in [-0.39, 0.29) is 23.8 Å². The van der Waals surface area contributed by atoms with Crippen molar-refractivity contribution < 1.29 is 24.9 Å². The Morgan fingerprint density at radius 2 is 1.95 bits per heavy atom. The Morgan fingerprint density at radius 1 is 1.25 bits per heavy atom. The van der Waals surface area contributed by atoms with E-state index in [1.54, 1.807) is 0 Å². The quantitative estimate of drug-likeness (QED) is 0.581. The topological polar surface area (TPSA) is 107 Å². The van der Waals surface area contributed by atoms with E-state index in [1.807, 2.05) is 0 Å². The third kappa shape index (κ3) is 3.88. The fourth-order valence-electron chi connectivity index (χ4n) is 1.97. The van der Waals surface area contributed by atoms with E-state index in [1.165, 1.54) is 18.2 Å². The zero-order valence-corrected chi connectivity index (χ0v) is 10.9. The number of rotatable bonds is 6. The number of aromatic hydroxyl groups is 2. The Bertz CT molecular complexity index is 524. The van der Waals surface area contributed by atoms with Gasteiger partial charge in [-0.2, -0.15) is 0 Å². The average Bonchev–Trinajstić information content (AvgIpc) is 3.16. The molecule has 1 aliphatic rings. The second-order valence-corrected chi connectivity index (χ2v) is 5.13. The molecule has 0 heterocycles. The first-order chi connectivity index (χ1) is 9.45. The number of aliphatic carboxylic acids is 1. The maximum Gasteiger partial charge on any atom is 0.326 e. The number of hydrogen-bond acceptors (Lipinski definition) is 4. The third-order valence-electron chi connectivity index (χ3n) is 3.28. The highest BCUT2D eigenvalue weighted by Crippen LogP contribution is 2.32. The molecule has 1 unspecified atom stereocenters. The van der Waals surface area contributed by atoms with Gasteiger partial charge in [0, 0.05) is 12.8 Å². The molecule has 2 rings (SSSR count). The van der Waals surface area contributed by atoms with E-state index < -0.39 is 12.0 Å². The molecule has 1 atom stereocenters. The number of phenolic OH excluding ortho intramolecular Hbond substituents is 2. The summed E-state index contributed by atoms with van der Waals surface area (Å²) in [5, 5.41) is 30.2. The number of carbonyl (C=O) groups excluding carboxylic acids is 1. The van der Waals surface area contributed by atoms with Crippen molar-refractivity contribution in [2.75, 3.05) is 0 Å². The van der Waals surface area contributed by atoms with Gasteiger partial charge in [0.05, 0.1) is 0 Å². The molecule has 6 nitrogen and oxygen atoms in total. The molecule has 0 saturated heterocycles. The summed E-state index contributed by atoms with van der Waals surface area (Å²) in [5.41, 5.74) is 0.527. The Hall–Kier alpha value is -2.24. The van der Waals surface area contributed by atoms with Crippen molar-refractivity contribution >= 4 is 11.9 Å². The molecule has 0 bridgehead atoms. The highest BCUT2D eigenvalue weighted by atomic mass is 16.4. The van der Waals surface area contributed by atoms with Crippen molar-refractivity contribution in [2.45, 2.75) is 31.7 Å². The van der Waals surface area contributed by atoms with Gasteiger partial charge in [-0.15, -0.1) is 0 Å². The lowest BCUT2D eigenvalue weighted by molar-refractivity contribution is -0.141. The van der Waals surface area contributed by atoms with Crippen molar-refractivity contribution in [3.8, 4) is 11.5 Å². The van der Waals surface area contributed by atoms with Gasteiger partial charge in [0.2, 0.25) is 5.91 Å². The summed E-state index contributed by atoms with van der Waals surface area (Å²) in [6, 6.07) is 3.05. The first-order valence-electron chi connectivity index (χ1n) is 6.48. The molecule has 1 fully saturated rings. The first kappa shape index (κ1) is 14.2. The van der Waals surface area contributed by atoms with E-state index in [0.29, 0.717) is 17.9 Å². The van der Waals surface area contributed by atoms with Crippen LogP contribution in [0.2, 0.25) is 0 Å². The van der Waals surface area contributed by atoms with Crippen molar-refractivity contribution in [2.24, 2.45) is 5.92 Å². The van der Waals surface area contributed by atoms with Gasteiger partial charge < -0.3 is 20.6 Å². The number of carboxylic acids is 1. The van der Waals surface area contributed by atoms with Crippen LogP contribution in [-0.4, -0.2) is 33.2 Å². The number of carboxylic acid groups (broad SMARTS) is 1. The molecule has 1 aromatic rings. The van der Waals surface area contributed by atoms with Crippen LogP contribution >= 0.6 is 0 Å². The summed E-state index contributed by atoms with van der Waals surface area (Å²) >= 11 is 0. The van der Waals surface area contributed by atoms with Gasteiger partial charge in [0.25, 0.3) is 0 Å². The monoisotopic (exact) mass is 279 g/mol. The van der Waals surface area contributed by atoms with Crippen LogP contribution in [0.25, 0.3) is 0 Å². The lowest BCUT2D eigenvalue weighted by Crippen LogP contribution is -2.42. The summed E-state index contributed by atoms with van der Waals surface area (Å²) in [4.78, 5) is 22.8. The second kappa shape index (κ2) is 5.81. The molecule has 1 aromatic carbocycles. The smallest absolute Gasteiger partial charge is 0.326 e. The fraction of sp³-hybridized carbons (Fsp3) is 0.429. The molecule has 0 aliphatic heterocycles. The number of hydrogen-bond donors (Lipinski definition) is 4. The molecule has 4 N–H and O–H groups in total. The molecule has 1 saturated carbocycles. The molecule has 20 heavy (non-hydrogen) atoms. The Labute approximate surface area is 116 Å². The predicted molar refractivity (Wildman–Crippen MR) is 70.4 cm³/mol. The highest BCUT2D eigenvalue weighted by Gasteiger charge is 2.27. The van der Waals surface area contributed by atoms with Gasteiger partial charge >= 0.3 is 5.97 Å². The van der Waals surface area contributed by atoms with Crippen LogP contribution < -0.4 is 5.32 Å². The summed E-state index contributed by atoms with van der Waals surface area (Å²) < 4.78 is 0. The summed E-state index contributed by atoms with van der Waals surface area (Å²) in [7, 11) is 0. The lowest BCUT2D eigenvalue weighted by atomic mass is 10.0. The molecule has 1 aliphatic carbocycles. The van der Waals surface area contributed by atoms with Gasteiger partial charge in [-0.1, -0.05) is 6.07 Å². The molecular weight excluding hydrogens is 262 g/mol. The number of carbonyl (C=O) groups is 2. The van der Waals surface area contributed by atoms with Gasteiger partial charge in [0.1, 0.15) is 6.04 Å². The maximum atomic E-state index is 11.7. The van der Waals surface area contributed by atoms with E-state index >= 15 is 0 Å². The molecule has 1 amide bonds. The molecular formula is C14H17NO5. The zero-order chi connectivity index (χ0) is 14.7. The van der Waals surface area contributed by atoms with Crippen molar-refractivity contribution in [1.82, 2.24) is 5.32 Å². The van der Waals surface area contributed by atoms with Crippen LogP contribution in [0.15, 0.2) is 18.2 Å². The molecule has 0 radical (unpaired) electrons. The maximum absolute atomic E-state index is 11.7. The fourth-order valence-corrected chi connectivity index (χ4v) is 1.97. The van der Waals surface area contributed by atoms with Gasteiger partial charge in [0.15, 0.2) is 11.5 Å². The van der Waals surface area contributed by atoms with Gasteiger partial charge in [-0.05, 0) is 36.5 Å². The van der Waals surface area contributed by atoms with Crippen LogP contribution in [0.3, 0.4) is 0 Å². The van der Waals surface area contributed by atoms with E-state index in [2.05, 4.69) is 5.32 Å². The average molecular weight is 279 g/mol. The first-order valence-corrected chi connectivity index (χ1v) is 6.48. The number of amides is 1. The van der Waals surface area contributed by atoms with Crippen LogP contribution in [0, 0.1) is 5.92 Å². The summed E-state index contributed by atoms with van der Waals surface area (Å²) in [6.45, 7) is 0. The van der Waals surface area contributed by atoms with E-state index in [9.17, 15) is 19.8 Å². The Balaban J connectivity index is 1.98. The summed E-state index contributed by atoms with van der Waals surface area (Å²) in [5.74, 6) is -1.57. The van der Waals surface area contributed by atoms with Crippen LogP contribution in [0.5, 0.6) is 11.5 Å². The lowest BCUT2D eigenvalue weighted by Gasteiger charge is -2.15. The van der Waals surface area contributed by atoms with Crippen molar-refractivity contribution in [3.05, 3.63) is 23.8 Å². The summed E-state index contributed by atoms with van der Waals surface area (Å²) in [6.07, 6.45) is 2.47. The zero-order valence-electron chi connectivity index (χ0n) is 10.9. The molecule has 0 spiro atoms. The second-order valence-electron chi connectivity index (χ2n) is 5.13. The van der Waals surface area contributed by atoms with Gasteiger partial charge in [-0.3, -0.25) is 4.79 Å². The van der Waals surface area contributed by atoms with E-state index in [4.69, 9.17) is 5.11 Å². The molecule has 6 heteroatoms. The Kier molecular flexibility index (Phi) is 4.12. The van der Waals surface area contributed by atoms with E-state index in [0.717, 1.165) is 12.8 Å². The molecule has 108 valence electrons. The van der Waals surface area contributed by atoms with Crippen molar-refractivity contribution in [3.63, 3.8) is 0 Å². The predicted octanol–water partition coefficient (Wildman–Crippen LogP) is 1.01. The number of phenols is 2. The highest BCUT2D eigenvalue weighted by molar-refractivity contribution is 5.84. The van der Waals surface area contributed by atoms with Crippen molar-refractivity contribution in [1.29, 1.82) is 0 Å². The minimum atomic E-state index is -1.12. The normalized spacial score (nSPS) is 15.6.